The van der Waals surface area contributed by atoms with Crippen LogP contribution in [0.2, 0.25) is 0 Å². The molecule has 0 aliphatic heterocycles. The van der Waals surface area contributed by atoms with Crippen LogP contribution in [0.5, 0.6) is 0 Å². The van der Waals surface area contributed by atoms with E-state index in [0.717, 1.165) is 23.5 Å². The Morgan fingerprint density at radius 3 is 1.47 bits per heavy atom. The number of hydrogen-bond donors (Lipinski definition) is 0. The monoisotopic (exact) mass is 995 g/mol. The van der Waals surface area contributed by atoms with E-state index in [0.29, 0.717) is 0 Å². The summed E-state index contributed by atoms with van der Waals surface area (Å²) in [5, 5.41) is 0. The molecule has 0 heterocycles. The normalized spacial score (nSPS) is 24.0. The molecule has 0 saturated heterocycles. The molecule has 0 fully saturated rings. The van der Waals surface area contributed by atoms with Gasteiger partial charge >= 0.3 is 0 Å². The highest BCUT2D eigenvalue weighted by Gasteiger charge is 2.33. The second kappa shape index (κ2) is 10.8. The second-order valence-corrected chi connectivity index (χ2v) is 13.3. The molecule has 92 valence electrons. The third-order valence-electron chi connectivity index (χ3n) is 1.84. The van der Waals surface area contributed by atoms with Crippen LogP contribution in [0, 0.1) is 0 Å². The third-order valence-corrected chi connectivity index (χ3v) is 19.9. The molecule has 0 N–H and O–H groups in total. The molecule has 0 nitrogen and oxygen atoms in total. The molecule has 0 aromatic heterocycles. The highest BCUT2D eigenvalue weighted by atomic mass is 127. The van der Waals surface area contributed by atoms with Crippen LogP contribution < -0.4 is 0 Å². The minimum atomic E-state index is 0.748. The Kier molecular flexibility index (Phi) is 14.5. The van der Waals surface area contributed by atoms with E-state index in [-0.39, 0.29) is 0 Å². The SMILES string of the molecule is CC(I)C(I)C(I)C(I)C(I)C(I)CI. The average Bonchev–Trinajstić information content (AvgIpc) is 2.23. The molecule has 0 bridgehead atoms. The molecule has 0 aromatic rings. The van der Waals surface area contributed by atoms with Crippen LogP contribution in [0.15, 0.2) is 0 Å². The maximum absolute atomic E-state index is 2.65. The molecule has 6 atom stereocenters. The van der Waals surface area contributed by atoms with Crippen LogP contribution in [0.3, 0.4) is 0 Å². The van der Waals surface area contributed by atoms with Crippen LogP contribution >= 0.6 is 158 Å². The van der Waals surface area contributed by atoms with E-state index in [4.69, 9.17) is 0 Å². The molecule has 6 unspecified atom stereocenters. The standard InChI is InChI=1S/C8H11I7/c1-3(10)5(12)7(14)8(15)6(13)4(11)2-9/h3-8H,2H2,1H3. The van der Waals surface area contributed by atoms with E-state index in [1.807, 2.05) is 0 Å². The summed E-state index contributed by atoms with van der Waals surface area (Å²) in [5.41, 5.74) is 0. The summed E-state index contributed by atoms with van der Waals surface area (Å²) in [6.07, 6.45) is 0. The van der Waals surface area contributed by atoms with Gasteiger partial charge in [-0.05, 0) is 0 Å². The molecule has 0 aliphatic carbocycles. The molecule has 7 heteroatoms. The molecule has 0 saturated carbocycles. The topological polar surface area (TPSA) is 0 Å². The van der Waals surface area contributed by atoms with Gasteiger partial charge in [0, 0.05) is 28.0 Å². The minimum absolute atomic E-state index is 0.748. The summed E-state index contributed by atoms with van der Waals surface area (Å²) >= 11 is 18.2. The van der Waals surface area contributed by atoms with Gasteiger partial charge in [0.1, 0.15) is 0 Å². The number of hydrogen-bond acceptors (Lipinski definition) is 0. The Morgan fingerprint density at radius 2 is 1.13 bits per heavy atom. The van der Waals surface area contributed by atoms with Gasteiger partial charge in [-0.2, -0.15) is 0 Å². The van der Waals surface area contributed by atoms with Crippen LogP contribution in [-0.2, 0) is 0 Å². The van der Waals surface area contributed by atoms with Gasteiger partial charge in [-0.3, -0.25) is 0 Å². The first-order valence-electron chi connectivity index (χ1n) is 4.23. The van der Waals surface area contributed by atoms with Crippen molar-refractivity contribution in [3.8, 4) is 0 Å². The quantitative estimate of drug-likeness (QED) is 0.218. The lowest BCUT2D eigenvalue weighted by Gasteiger charge is -2.29. The number of halogens is 7. The van der Waals surface area contributed by atoms with E-state index in [1.54, 1.807) is 0 Å². The van der Waals surface area contributed by atoms with Gasteiger partial charge in [0.2, 0.25) is 0 Å². The molecule has 0 radical (unpaired) electrons. The van der Waals surface area contributed by atoms with Crippen molar-refractivity contribution in [3.05, 3.63) is 0 Å². The average molecular weight is 996 g/mol. The van der Waals surface area contributed by atoms with Gasteiger partial charge in [-0.25, -0.2) is 0 Å². The van der Waals surface area contributed by atoms with Gasteiger partial charge < -0.3 is 0 Å². The van der Waals surface area contributed by atoms with Crippen molar-refractivity contribution in [1.82, 2.24) is 0 Å². The van der Waals surface area contributed by atoms with Gasteiger partial charge in [0.15, 0.2) is 0 Å². The first-order chi connectivity index (χ1) is 6.82. The zero-order valence-corrected chi connectivity index (χ0v) is 22.9. The minimum Gasteiger partial charge on any atom is -0.0852 e. The lowest BCUT2D eigenvalue weighted by Crippen LogP contribution is -2.38. The zero-order chi connectivity index (χ0) is 12.2. The Hall–Kier alpha value is 5.11. The van der Waals surface area contributed by atoms with Crippen molar-refractivity contribution in [1.29, 1.82) is 0 Å². The second-order valence-electron chi connectivity index (χ2n) is 3.13. The van der Waals surface area contributed by atoms with Gasteiger partial charge in [-0.1, -0.05) is 165 Å². The van der Waals surface area contributed by atoms with Crippen molar-refractivity contribution in [3.63, 3.8) is 0 Å². The summed E-state index contributed by atoms with van der Waals surface area (Å²) in [5.74, 6) is 0. The van der Waals surface area contributed by atoms with Gasteiger partial charge in [-0.15, -0.1) is 0 Å². The van der Waals surface area contributed by atoms with Crippen molar-refractivity contribution in [2.24, 2.45) is 0 Å². The predicted molar refractivity (Wildman–Crippen MR) is 131 cm³/mol. The Morgan fingerprint density at radius 1 is 0.733 bits per heavy atom. The molecule has 0 aliphatic rings. The maximum atomic E-state index is 2.65. The van der Waals surface area contributed by atoms with Crippen molar-refractivity contribution >= 4 is 158 Å². The van der Waals surface area contributed by atoms with E-state index in [1.165, 1.54) is 4.43 Å². The summed E-state index contributed by atoms with van der Waals surface area (Å²) < 4.78 is 5.85. The van der Waals surface area contributed by atoms with Crippen molar-refractivity contribution < 1.29 is 0 Å². The summed E-state index contributed by atoms with van der Waals surface area (Å²) in [6, 6.07) is 0. The summed E-state index contributed by atoms with van der Waals surface area (Å²) in [4.78, 5) is 0. The fourth-order valence-electron chi connectivity index (χ4n) is 0.889. The van der Waals surface area contributed by atoms with Crippen molar-refractivity contribution in [2.75, 3.05) is 4.43 Å². The first-order valence-corrected chi connectivity index (χ1v) is 13.2. The molecule has 0 spiro atoms. The lowest BCUT2D eigenvalue weighted by molar-refractivity contribution is 0.773. The molecular weight excluding hydrogens is 984 g/mol. The summed E-state index contributed by atoms with van der Waals surface area (Å²) in [7, 11) is 0. The van der Waals surface area contributed by atoms with E-state index in [9.17, 15) is 0 Å². The molecule has 0 rings (SSSR count). The van der Waals surface area contributed by atoms with Crippen LogP contribution in [0.25, 0.3) is 0 Å². The smallest absolute Gasteiger partial charge is 0.0366 e. The van der Waals surface area contributed by atoms with Crippen LogP contribution in [0.4, 0.5) is 0 Å². The lowest BCUT2D eigenvalue weighted by atomic mass is 10.1. The molecule has 15 heavy (non-hydrogen) atoms. The van der Waals surface area contributed by atoms with E-state index in [2.05, 4.69) is 165 Å². The Bertz CT molecular complexity index is 174. The van der Waals surface area contributed by atoms with Crippen LogP contribution in [0.1, 0.15) is 6.92 Å². The zero-order valence-electron chi connectivity index (χ0n) is 7.82. The Labute approximate surface area is 188 Å². The van der Waals surface area contributed by atoms with Crippen LogP contribution in [-0.4, -0.2) is 28.0 Å². The van der Waals surface area contributed by atoms with Gasteiger partial charge in [0.25, 0.3) is 0 Å². The fourth-order valence-corrected chi connectivity index (χ4v) is 9.65. The molecular formula is C8H11I7. The molecule has 0 aromatic carbocycles. The highest BCUT2D eigenvalue weighted by molar-refractivity contribution is 14.1. The largest absolute Gasteiger partial charge is 0.0852 e. The predicted octanol–water partition coefficient (Wildman–Crippen LogP) is 6.26. The number of alkyl halides is 7. The van der Waals surface area contributed by atoms with Crippen molar-refractivity contribution in [2.45, 2.75) is 30.5 Å². The fraction of sp³-hybridized carbons (Fsp3) is 1.00. The Balaban J connectivity index is 4.36. The third kappa shape index (κ3) is 7.61. The van der Waals surface area contributed by atoms with E-state index >= 15 is 0 Å². The molecule has 0 amide bonds. The van der Waals surface area contributed by atoms with Gasteiger partial charge in [0.05, 0.1) is 0 Å². The highest BCUT2D eigenvalue weighted by Crippen LogP contribution is 2.36. The maximum Gasteiger partial charge on any atom is 0.0366 e. The number of rotatable bonds is 6. The first kappa shape index (κ1) is 20.1. The summed E-state index contributed by atoms with van der Waals surface area (Å²) in [6.45, 7) is 2.31. The van der Waals surface area contributed by atoms with E-state index < -0.39 is 0 Å².